The van der Waals surface area contributed by atoms with E-state index in [9.17, 15) is 14.0 Å². The fraction of sp³-hybridized carbons (Fsp3) is 0.333. The van der Waals surface area contributed by atoms with E-state index < -0.39 is 5.82 Å². The zero-order valence-corrected chi connectivity index (χ0v) is 18.6. The van der Waals surface area contributed by atoms with Gasteiger partial charge in [0.2, 0.25) is 0 Å². The standard InChI is InChI=1S/C24H22ClFN2O5/c1-31-15-4-7-19-14(8-15)2-6-20(33-19)22(30)28-24-11-23(12-24,13-24)27-21(29)10-32-16-3-5-17(25)18(26)9-16/h3-9H,2,10-13H2,1H3,(H,27,29)(H,28,30). The summed E-state index contributed by atoms with van der Waals surface area (Å²) in [6.45, 7) is -0.229. The maximum atomic E-state index is 13.5. The second-order valence-electron chi connectivity index (χ2n) is 8.81. The number of methoxy groups -OCH3 is 1. The molecule has 1 aliphatic heterocycles. The molecule has 6 rings (SSSR count). The predicted molar refractivity (Wildman–Crippen MR) is 118 cm³/mol. The summed E-state index contributed by atoms with van der Waals surface area (Å²) in [4.78, 5) is 25.0. The molecule has 0 spiro atoms. The molecule has 0 radical (unpaired) electrons. The lowest BCUT2D eigenvalue weighted by atomic mass is 9.44. The van der Waals surface area contributed by atoms with Crippen LogP contribution in [0.2, 0.25) is 5.02 Å². The van der Waals surface area contributed by atoms with Crippen LogP contribution in [0.1, 0.15) is 24.8 Å². The van der Waals surface area contributed by atoms with Crippen molar-refractivity contribution in [3.05, 3.63) is 64.6 Å². The number of hydrogen-bond acceptors (Lipinski definition) is 5. The first kappa shape index (κ1) is 21.6. The first-order chi connectivity index (χ1) is 15.8. The van der Waals surface area contributed by atoms with Gasteiger partial charge in [0.15, 0.2) is 12.4 Å². The molecule has 2 N–H and O–H groups in total. The molecule has 9 heteroatoms. The van der Waals surface area contributed by atoms with Crippen LogP contribution in [0.25, 0.3) is 0 Å². The molecule has 2 bridgehead atoms. The summed E-state index contributed by atoms with van der Waals surface area (Å²) in [5.41, 5.74) is 0.306. The van der Waals surface area contributed by atoms with Gasteiger partial charge in [-0.2, -0.15) is 0 Å². The lowest BCUT2D eigenvalue weighted by Gasteiger charge is -2.70. The van der Waals surface area contributed by atoms with Crippen LogP contribution < -0.4 is 24.8 Å². The van der Waals surface area contributed by atoms with Crippen molar-refractivity contribution in [2.24, 2.45) is 0 Å². The monoisotopic (exact) mass is 472 g/mol. The lowest BCUT2D eigenvalue weighted by Crippen LogP contribution is -2.84. The minimum Gasteiger partial charge on any atom is -0.497 e. The maximum absolute atomic E-state index is 13.5. The molecule has 7 nitrogen and oxygen atoms in total. The van der Waals surface area contributed by atoms with E-state index in [2.05, 4.69) is 10.6 Å². The maximum Gasteiger partial charge on any atom is 0.287 e. The Morgan fingerprint density at radius 1 is 1.09 bits per heavy atom. The van der Waals surface area contributed by atoms with E-state index in [4.69, 9.17) is 25.8 Å². The summed E-state index contributed by atoms with van der Waals surface area (Å²) < 4.78 is 29.8. The molecular formula is C24H22ClFN2O5. The van der Waals surface area contributed by atoms with Crippen LogP contribution in [-0.4, -0.2) is 36.6 Å². The van der Waals surface area contributed by atoms with Crippen molar-refractivity contribution < 1.29 is 28.2 Å². The highest BCUT2D eigenvalue weighted by Gasteiger charge is 2.69. The van der Waals surface area contributed by atoms with Crippen molar-refractivity contribution in [1.29, 1.82) is 0 Å². The molecule has 0 aromatic heterocycles. The number of carbonyl (C=O) groups excluding carboxylic acids is 2. The van der Waals surface area contributed by atoms with E-state index in [0.29, 0.717) is 31.4 Å². The molecule has 1 heterocycles. The molecule has 4 aliphatic rings. The Kier molecular flexibility index (Phi) is 5.20. The second kappa shape index (κ2) is 7.95. The van der Waals surface area contributed by atoms with Gasteiger partial charge in [0, 0.05) is 22.7 Å². The zero-order chi connectivity index (χ0) is 23.2. The van der Waals surface area contributed by atoms with Gasteiger partial charge in [-0.25, -0.2) is 4.39 Å². The Balaban J connectivity index is 1.09. The molecule has 2 aromatic rings. The number of nitrogens with one attached hydrogen (secondary N) is 2. The number of benzene rings is 2. The number of halogens is 2. The average Bonchev–Trinajstić information content (AvgIpc) is 2.76. The van der Waals surface area contributed by atoms with Crippen LogP contribution in [0.3, 0.4) is 0 Å². The number of hydrogen-bond donors (Lipinski definition) is 2. The number of rotatable bonds is 7. The molecule has 0 atom stereocenters. The van der Waals surface area contributed by atoms with Crippen LogP contribution in [-0.2, 0) is 16.0 Å². The molecular weight excluding hydrogens is 451 g/mol. The predicted octanol–water partition coefficient (Wildman–Crippen LogP) is 3.29. The first-order valence-electron chi connectivity index (χ1n) is 10.6. The topological polar surface area (TPSA) is 85.9 Å². The van der Waals surface area contributed by atoms with E-state index in [0.717, 1.165) is 17.4 Å². The van der Waals surface area contributed by atoms with Crippen LogP contribution in [0.4, 0.5) is 4.39 Å². The highest BCUT2D eigenvalue weighted by atomic mass is 35.5. The highest BCUT2D eigenvalue weighted by Crippen LogP contribution is 2.60. The number of amides is 2. The molecule has 172 valence electrons. The van der Waals surface area contributed by atoms with E-state index in [1.807, 2.05) is 6.07 Å². The molecule has 33 heavy (non-hydrogen) atoms. The molecule has 2 amide bonds. The number of ether oxygens (including phenoxy) is 3. The Morgan fingerprint density at radius 2 is 1.82 bits per heavy atom. The van der Waals surface area contributed by atoms with Gasteiger partial charge in [-0.3, -0.25) is 9.59 Å². The van der Waals surface area contributed by atoms with Gasteiger partial charge >= 0.3 is 0 Å². The SMILES string of the molecule is COc1ccc2c(c1)CC=C(C(=O)NC13CC(NC(=O)COc4ccc(Cl)c(F)c4)(C1)C3)O2. The van der Waals surface area contributed by atoms with Gasteiger partial charge < -0.3 is 24.8 Å². The van der Waals surface area contributed by atoms with Gasteiger partial charge in [-0.15, -0.1) is 0 Å². The molecule has 0 unspecified atom stereocenters. The number of allylic oxidation sites excluding steroid dienone is 1. The van der Waals surface area contributed by atoms with Gasteiger partial charge in [-0.1, -0.05) is 11.6 Å². The van der Waals surface area contributed by atoms with Crippen LogP contribution in [0.15, 0.2) is 48.2 Å². The van der Waals surface area contributed by atoms with Crippen LogP contribution in [0, 0.1) is 5.82 Å². The third-order valence-electron chi connectivity index (χ3n) is 6.29. The quantitative estimate of drug-likeness (QED) is 0.646. The minimum absolute atomic E-state index is 0.00755. The van der Waals surface area contributed by atoms with Gasteiger partial charge in [0.25, 0.3) is 11.8 Å². The lowest BCUT2D eigenvalue weighted by molar-refractivity contribution is -0.149. The van der Waals surface area contributed by atoms with Gasteiger partial charge in [0.1, 0.15) is 23.1 Å². The fourth-order valence-electron chi connectivity index (χ4n) is 4.85. The summed E-state index contributed by atoms with van der Waals surface area (Å²) in [5, 5.41) is 6.01. The molecule has 3 saturated carbocycles. The third kappa shape index (κ3) is 4.11. The van der Waals surface area contributed by atoms with Gasteiger partial charge in [0.05, 0.1) is 12.1 Å². The molecule has 3 fully saturated rings. The average molecular weight is 473 g/mol. The summed E-state index contributed by atoms with van der Waals surface area (Å²) in [6, 6.07) is 9.49. The molecule has 2 aromatic carbocycles. The highest BCUT2D eigenvalue weighted by molar-refractivity contribution is 6.30. The summed E-state index contributed by atoms with van der Waals surface area (Å²) in [5.74, 6) is 0.732. The van der Waals surface area contributed by atoms with Crippen molar-refractivity contribution in [2.75, 3.05) is 13.7 Å². The largest absolute Gasteiger partial charge is 0.497 e. The van der Waals surface area contributed by atoms with Crippen molar-refractivity contribution >= 4 is 23.4 Å². The number of carbonyl (C=O) groups is 2. The minimum atomic E-state index is -0.605. The van der Waals surface area contributed by atoms with Crippen LogP contribution >= 0.6 is 11.6 Å². The summed E-state index contributed by atoms with van der Waals surface area (Å²) in [7, 11) is 1.60. The van der Waals surface area contributed by atoms with E-state index in [-0.39, 0.29) is 46.0 Å². The van der Waals surface area contributed by atoms with Crippen molar-refractivity contribution in [2.45, 2.75) is 36.8 Å². The van der Waals surface area contributed by atoms with E-state index >= 15 is 0 Å². The molecule has 3 aliphatic carbocycles. The Morgan fingerprint density at radius 3 is 2.55 bits per heavy atom. The fourth-order valence-corrected chi connectivity index (χ4v) is 4.96. The summed E-state index contributed by atoms with van der Waals surface area (Å²) >= 11 is 5.64. The zero-order valence-electron chi connectivity index (χ0n) is 17.9. The van der Waals surface area contributed by atoms with Crippen LogP contribution in [0.5, 0.6) is 17.2 Å². The Bertz CT molecular complexity index is 1160. The first-order valence-corrected chi connectivity index (χ1v) is 10.9. The van der Waals surface area contributed by atoms with Crippen molar-refractivity contribution in [3.63, 3.8) is 0 Å². The number of fused-ring (bicyclic) bond motifs is 1. The van der Waals surface area contributed by atoms with Crippen molar-refractivity contribution in [1.82, 2.24) is 10.6 Å². The third-order valence-corrected chi connectivity index (χ3v) is 6.60. The molecule has 0 saturated heterocycles. The Hall–Kier alpha value is -3.26. The normalized spacial score (nSPS) is 24.2. The second-order valence-corrected chi connectivity index (χ2v) is 9.21. The Labute approximate surface area is 194 Å². The smallest absolute Gasteiger partial charge is 0.287 e. The van der Waals surface area contributed by atoms with Gasteiger partial charge in [-0.05, 0) is 62.1 Å². The summed E-state index contributed by atoms with van der Waals surface area (Å²) in [6.07, 6.45) is 4.28. The van der Waals surface area contributed by atoms with Crippen molar-refractivity contribution in [3.8, 4) is 17.2 Å². The van der Waals surface area contributed by atoms with E-state index in [1.54, 1.807) is 25.3 Å². The van der Waals surface area contributed by atoms with E-state index in [1.165, 1.54) is 12.1 Å².